The zero-order valence-electron chi connectivity index (χ0n) is 5.76. The number of hydrogen-bond donors (Lipinski definition) is 1. The summed E-state index contributed by atoms with van der Waals surface area (Å²) in [5.74, 6) is 2.43. The molecule has 0 aromatic carbocycles. The third kappa shape index (κ3) is 1.08. The molecule has 0 radical (unpaired) electrons. The molecule has 1 aromatic heterocycles. The van der Waals surface area contributed by atoms with Crippen molar-refractivity contribution in [3.8, 4) is 12.3 Å². The molecule has 2 nitrogen and oxygen atoms in total. The molecule has 0 aliphatic carbocycles. The summed E-state index contributed by atoms with van der Waals surface area (Å²) in [5, 5.41) is 0. The molecule has 0 aliphatic rings. The SMILES string of the molecule is C#Cc1cnc(C)cc1N. The standard InChI is InChI=1S/C8H8N2/c1-3-7-5-10-6(2)4-8(7)9/h1,4-5H,2H3,(H2,9,10). The van der Waals surface area contributed by atoms with Crippen molar-refractivity contribution in [2.45, 2.75) is 6.92 Å². The van der Waals surface area contributed by atoms with Gasteiger partial charge in [0.1, 0.15) is 0 Å². The third-order valence-corrected chi connectivity index (χ3v) is 1.23. The van der Waals surface area contributed by atoms with Crippen molar-refractivity contribution in [1.29, 1.82) is 0 Å². The van der Waals surface area contributed by atoms with Crippen LogP contribution in [0, 0.1) is 19.3 Å². The van der Waals surface area contributed by atoms with Gasteiger partial charge in [0.15, 0.2) is 0 Å². The van der Waals surface area contributed by atoms with Gasteiger partial charge >= 0.3 is 0 Å². The summed E-state index contributed by atoms with van der Waals surface area (Å²) in [6.45, 7) is 1.87. The fraction of sp³-hybridized carbons (Fsp3) is 0.125. The molecule has 0 saturated heterocycles. The molecule has 2 N–H and O–H groups in total. The lowest BCUT2D eigenvalue weighted by Crippen LogP contribution is -1.92. The molecule has 0 amide bonds. The number of hydrogen-bond acceptors (Lipinski definition) is 2. The quantitative estimate of drug-likeness (QED) is 0.534. The van der Waals surface area contributed by atoms with E-state index in [2.05, 4.69) is 10.9 Å². The maximum absolute atomic E-state index is 5.55. The second-order valence-corrected chi connectivity index (χ2v) is 2.06. The summed E-state index contributed by atoms with van der Waals surface area (Å²) in [4.78, 5) is 3.99. The maximum atomic E-state index is 5.55. The minimum Gasteiger partial charge on any atom is -0.398 e. The highest BCUT2D eigenvalue weighted by Gasteiger charge is 1.94. The van der Waals surface area contributed by atoms with Gasteiger partial charge < -0.3 is 5.73 Å². The van der Waals surface area contributed by atoms with Gasteiger partial charge in [0.25, 0.3) is 0 Å². The minimum absolute atomic E-state index is 0.620. The highest BCUT2D eigenvalue weighted by atomic mass is 14.7. The van der Waals surface area contributed by atoms with Crippen LogP contribution in [0.4, 0.5) is 5.69 Å². The summed E-state index contributed by atoms with van der Waals surface area (Å²) in [7, 11) is 0. The van der Waals surface area contributed by atoms with Crippen molar-refractivity contribution < 1.29 is 0 Å². The number of rotatable bonds is 0. The third-order valence-electron chi connectivity index (χ3n) is 1.23. The van der Waals surface area contributed by atoms with Crippen molar-refractivity contribution in [1.82, 2.24) is 4.98 Å². The van der Waals surface area contributed by atoms with Gasteiger partial charge in [-0.15, -0.1) is 6.42 Å². The first-order valence-electron chi connectivity index (χ1n) is 2.93. The van der Waals surface area contributed by atoms with Crippen molar-refractivity contribution >= 4 is 5.69 Å². The lowest BCUT2D eigenvalue weighted by molar-refractivity contribution is 1.20. The number of terminal acetylenes is 1. The molecule has 2 heteroatoms. The monoisotopic (exact) mass is 132 g/mol. The van der Waals surface area contributed by atoms with Gasteiger partial charge in [0.2, 0.25) is 0 Å². The Kier molecular flexibility index (Phi) is 1.59. The van der Waals surface area contributed by atoms with Gasteiger partial charge in [-0.2, -0.15) is 0 Å². The zero-order valence-corrected chi connectivity index (χ0v) is 5.76. The van der Waals surface area contributed by atoms with Crippen LogP contribution in [0.15, 0.2) is 12.3 Å². The van der Waals surface area contributed by atoms with E-state index in [1.54, 1.807) is 12.3 Å². The van der Waals surface area contributed by atoms with E-state index in [0.29, 0.717) is 11.3 Å². The van der Waals surface area contributed by atoms with E-state index < -0.39 is 0 Å². The highest BCUT2D eigenvalue weighted by molar-refractivity contribution is 5.54. The molecule has 0 aliphatic heterocycles. The number of nitrogen functional groups attached to an aromatic ring is 1. The number of pyridine rings is 1. The topological polar surface area (TPSA) is 38.9 Å². The normalized spacial score (nSPS) is 8.80. The maximum Gasteiger partial charge on any atom is 0.0655 e. The van der Waals surface area contributed by atoms with Crippen LogP contribution >= 0.6 is 0 Å². The number of aryl methyl sites for hydroxylation is 1. The van der Waals surface area contributed by atoms with Crippen LogP contribution in [-0.4, -0.2) is 4.98 Å². The van der Waals surface area contributed by atoms with Crippen molar-refractivity contribution in [2.75, 3.05) is 5.73 Å². The van der Waals surface area contributed by atoms with Gasteiger partial charge in [-0.3, -0.25) is 4.98 Å². The second-order valence-electron chi connectivity index (χ2n) is 2.06. The lowest BCUT2D eigenvalue weighted by Gasteiger charge is -1.96. The van der Waals surface area contributed by atoms with E-state index in [1.807, 2.05) is 6.92 Å². The molecule has 1 rings (SSSR count). The predicted molar refractivity (Wildman–Crippen MR) is 41.3 cm³/mol. The molecule has 0 unspecified atom stereocenters. The smallest absolute Gasteiger partial charge is 0.0655 e. The van der Waals surface area contributed by atoms with Gasteiger partial charge in [0, 0.05) is 11.9 Å². The number of nitrogens with zero attached hydrogens (tertiary/aromatic N) is 1. The average Bonchev–Trinajstić information content (AvgIpc) is 1.88. The molecule has 50 valence electrons. The van der Waals surface area contributed by atoms with E-state index in [0.717, 1.165) is 5.69 Å². The molecule has 10 heavy (non-hydrogen) atoms. The van der Waals surface area contributed by atoms with Crippen LogP contribution in [-0.2, 0) is 0 Å². The van der Waals surface area contributed by atoms with Crippen molar-refractivity contribution in [3.63, 3.8) is 0 Å². The molecule has 0 atom stereocenters. The number of nitrogens with two attached hydrogens (primary N) is 1. The van der Waals surface area contributed by atoms with Crippen LogP contribution in [0.3, 0.4) is 0 Å². The predicted octanol–water partition coefficient (Wildman–Crippen LogP) is 0.954. The summed E-state index contributed by atoms with van der Waals surface area (Å²) >= 11 is 0. The fourth-order valence-electron chi connectivity index (χ4n) is 0.702. The number of aromatic nitrogens is 1. The Labute approximate surface area is 60.1 Å². The van der Waals surface area contributed by atoms with Gasteiger partial charge in [-0.25, -0.2) is 0 Å². The zero-order chi connectivity index (χ0) is 7.56. The fourth-order valence-corrected chi connectivity index (χ4v) is 0.702. The van der Waals surface area contributed by atoms with E-state index in [9.17, 15) is 0 Å². The summed E-state index contributed by atoms with van der Waals surface area (Å²) < 4.78 is 0. The van der Waals surface area contributed by atoms with Crippen LogP contribution < -0.4 is 5.73 Å². The van der Waals surface area contributed by atoms with Crippen LogP contribution in [0.1, 0.15) is 11.3 Å². The summed E-state index contributed by atoms with van der Waals surface area (Å²) in [6.07, 6.45) is 6.73. The van der Waals surface area contributed by atoms with Crippen LogP contribution in [0.2, 0.25) is 0 Å². The van der Waals surface area contributed by atoms with E-state index in [1.165, 1.54) is 0 Å². The molecule has 1 aromatic rings. The Morgan fingerprint density at radius 1 is 1.70 bits per heavy atom. The Morgan fingerprint density at radius 3 is 2.90 bits per heavy atom. The minimum atomic E-state index is 0.620. The van der Waals surface area contributed by atoms with E-state index in [4.69, 9.17) is 12.2 Å². The molecule has 0 fully saturated rings. The van der Waals surface area contributed by atoms with Crippen molar-refractivity contribution in [3.05, 3.63) is 23.5 Å². The van der Waals surface area contributed by atoms with Gasteiger partial charge in [-0.05, 0) is 13.0 Å². The van der Waals surface area contributed by atoms with Gasteiger partial charge in [0.05, 0.1) is 11.3 Å². The van der Waals surface area contributed by atoms with Crippen LogP contribution in [0.5, 0.6) is 0 Å². The molecular formula is C8H8N2. The first-order valence-corrected chi connectivity index (χ1v) is 2.93. The first kappa shape index (κ1) is 6.63. The van der Waals surface area contributed by atoms with E-state index >= 15 is 0 Å². The molecule has 0 saturated carbocycles. The van der Waals surface area contributed by atoms with Gasteiger partial charge in [-0.1, -0.05) is 5.92 Å². The molecule has 1 heterocycles. The Bertz CT molecular complexity index is 284. The number of anilines is 1. The Balaban J connectivity index is 3.23. The second kappa shape index (κ2) is 2.40. The lowest BCUT2D eigenvalue weighted by atomic mass is 10.2. The molecule has 0 spiro atoms. The van der Waals surface area contributed by atoms with Crippen molar-refractivity contribution in [2.24, 2.45) is 0 Å². The average molecular weight is 132 g/mol. The first-order chi connectivity index (χ1) is 4.74. The Hall–Kier alpha value is -1.49. The van der Waals surface area contributed by atoms with Crippen LogP contribution in [0.25, 0.3) is 0 Å². The molecule has 0 bridgehead atoms. The Morgan fingerprint density at radius 2 is 2.40 bits per heavy atom. The van der Waals surface area contributed by atoms with E-state index in [-0.39, 0.29) is 0 Å². The highest BCUT2D eigenvalue weighted by Crippen LogP contribution is 2.08. The molecular weight excluding hydrogens is 124 g/mol. The largest absolute Gasteiger partial charge is 0.398 e. The summed E-state index contributed by atoms with van der Waals surface area (Å²) in [6, 6.07) is 1.76. The summed E-state index contributed by atoms with van der Waals surface area (Å²) in [5.41, 5.74) is 7.71.